The standard InChI is InChI=1S/C7H13F2NO/c1-7(2,3)6(11)10-4-5(8)9/h5H,4H2,1-3H3,(H,10,11). The Balaban J connectivity index is 3.71. The van der Waals surface area contributed by atoms with Crippen LogP contribution in [0.3, 0.4) is 0 Å². The number of carbonyl (C=O) groups excluding carboxylic acids is 1. The molecule has 0 atom stereocenters. The van der Waals surface area contributed by atoms with Crippen LogP contribution >= 0.6 is 0 Å². The molecule has 0 aliphatic carbocycles. The lowest BCUT2D eigenvalue weighted by Crippen LogP contribution is -2.37. The lowest BCUT2D eigenvalue weighted by atomic mass is 9.96. The second-order valence-electron chi connectivity index (χ2n) is 3.35. The molecule has 1 N–H and O–H groups in total. The summed E-state index contributed by atoms with van der Waals surface area (Å²) >= 11 is 0. The van der Waals surface area contributed by atoms with Crippen molar-refractivity contribution in [3.8, 4) is 0 Å². The Morgan fingerprint density at radius 3 is 2.18 bits per heavy atom. The third-order valence-corrected chi connectivity index (χ3v) is 1.10. The SMILES string of the molecule is CC(C)(C)C(=O)NCC(F)F. The van der Waals surface area contributed by atoms with E-state index in [2.05, 4.69) is 5.32 Å². The van der Waals surface area contributed by atoms with Crippen LogP contribution in [0.4, 0.5) is 8.78 Å². The molecule has 0 unspecified atom stereocenters. The van der Waals surface area contributed by atoms with Crippen LogP contribution in [0.15, 0.2) is 0 Å². The first-order valence-corrected chi connectivity index (χ1v) is 3.40. The summed E-state index contributed by atoms with van der Waals surface area (Å²) in [6, 6.07) is 0. The Bertz CT molecular complexity index is 140. The van der Waals surface area contributed by atoms with Crippen LogP contribution < -0.4 is 5.32 Å². The highest BCUT2D eigenvalue weighted by molar-refractivity contribution is 5.81. The van der Waals surface area contributed by atoms with E-state index in [1.54, 1.807) is 20.8 Å². The Morgan fingerprint density at radius 2 is 1.91 bits per heavy atom. The summed E-state index contributed by atoms with van der Waals surface area (Å²) in [5, 5.41) is 2.13. The molecule has 2 nitrogen and oxygen atoms in total. The van der Waals surface area contributed by atoms with Gasteiger partial charge in [0, 0.05) is 5.41 Å². The van der Waals surface area contributed by atoms with E-state index in [-0.39, 0.29) is 5.91 Å². The van der Waals surface area contributed by atoms with Gasteiger partial charge in [0.15, 0.2) is 0 Å². The van der Waals surface area contributed by atoms with Gasteiger partial charge in [-0.05, 0) is 0 Å². The molecule has 0 saturated carbocycles. The number of alkyl halides is 2. The molecule has 4 heteroatoms. The van der Waals surface area contributed by atoms with E-state index in [4.69, 9.17) is 0 Å². The van der Waals surface area contributed by atoms with Crippen LogP contribution in [0, 0.1) is 5.41 Å². The molecule has 0 aromatic rings. The van der Waals surface area contributed by atoms with E-state index in [9.17, 15) is 13.6 Å². The van der Waals surface area contributed by atoms with Crippen molar-refractivity contribution >= 4 is 5.91 Å². The van der Waals surface area contributed by atoms with Gasteiger partial charge in [0.05, 0.1) is 6.54 Å². The average Bonchev–Trinajstić information content (AvgIpc) is 1.80. The number of carbonyl (C=O) groups is 1. The van der Waals surface area contributed by atoms with E-state index in [0.717, 1.165) is 0 Å². The van der Waals surface area contributed by atoms with Crippen molar-refractivity contribution in [2.45, 2.75) is 27.2 Å². The molecule has 0 spiro atoms. The van der Waals surface area contributed by atoms with Gasteiger partial charge in [-0.15, -0.1) is 0 Å². The largest absolute Gasteiger partial charge is 0.350 e. The van der Waals surface area contributed by atoms with Gasteiger partial charge in [-0.25, -0.2) is 8.78 Å². The Hall–Kier alpha value is -0.670. The molecule has 0 rings (SSSR count). The normalized spacial score (nSPS) is 11.8. The van der Waals surface area contributed by atoms with Crippen LogP contribution in [0.5, 0.6) is 0 Å². The lowest BCUT2D eigenvalue weighted by molar-refractivity contribution is -0.129. The van der Waals surface area contributed by atoms with E-state index < -0.39 is 18.4 Å². The molecule has 0 bridgehead atoms. The molecule has 0 heterocycles. The molecular weight excluding hydrogens is 152 g/mol. The summed E-state index contributed by atoms with van der Waals surface area (Å²) in [5.74, 6) is -0.349. The van der Waals surface area contributed by atoms with Crippen molar-refractivity contribution in [3.63, 3.8) is 0 Å². The van der Waals surface area contributed by atoms with Crippen molar-refractivity contribution in [3.05, 3.63) is 0 Å². The van der Waals surface area contributed by atoms with E-state index >= 15 is 0 Å². The fourth-order valence-electron chi connectivity index (χ4n) is 0.435. The number of rotatable bonds is 2. The summed E-state index contributed by atoms with van der Waals surface area (Å²) in [7, 11) is 0. The van der Waals surface area contributed by atoms with Gasteiger partial charge in [-0.1, -0.05) is 20.8 Å². The number of hydrogen-bond donors (Lipinski definition) is 1. The van der Waals surface area contributed by atoms with Crippen molar-refractivity contribution < 1.29 is 13.6 Å². The maximum absolute atomic E-state index is 11.6. The second kappa shape index (κ2) is 3.64. The first-order valence-electron chi connectivity index (χ1n) is 3.40. The Kier molecular flexibility index (Phi) is 3.42. The fourth-order valence-corrected chi connectivity index (χ4v) is 0.435. The average molecular weight is 165 g/mol. The molecule has 1 amide bonds. The molecule has 0 aromatic heterocycles. The van der Waals surface area contributed by atoms with Crippen LogP contribution in [0.1, 0.15) is 20.8 Å². The van der Waals surface area contributed by atoms with Crippen LogP contribution in [0.25, 0.3) is 0 Å². The molecule has 66 valence electrons. The molecule has 0 aliphatic rings. The summed E-state index contributed by atoms with van der Waals surface area (Å²) in [6.45, 7) is 4.46. The van der Waals surface area contributed by atoms with E-state index in [1.807, 2.05) is 0 Å². The first-order chi connectivity index (χ1) is 4.84. The Labute approximate surface area is 65.0 Å². The van der Waals surface area contributed by atoms with Crippen LogP contribution in [-0.4, -0.2) is 18.9 Å². The van der Waals surface area contributed by atoms with E-state index in [1.165, 1.54) is 0 Å². The number of nitrogens with one attached hydrogen (secondary N) is 1. The summed E-state index contributed by atoms with van der Waals surface area (Å²) < 4.78 is 23.1. The summed E-state index contributed by atoms with van der Waals surface area (Å²) in [4.78, 5) is 10.9. The van der Waals surface area contributed by atoms with Gasteiger partial charge >= 0.3 is 0 Å². The maximum atomic E-state index is 11.6. The third kappa shape index (κ3) is 4.70. The highest BCUT2D eigenvalue weighted by atomic mass is 19.3. The highest BCUT2D eigenvalue weighted by Gasteiger charge is 2.21. The zero-order valence-electron chi connectivity index (χ0n) is 6.95. The smallest absolute Gasteiger partial charge is 0.255 e. The molecule has 0 radical (unpaired) electrons. The quantitative estimate of drug-likeness (QED) is 0.658. The van der Waals surface area contributed by atoms with Gasteiger partial charge in [0.1, 0.15) is 0 Å². The van der Waals surface area contributed by atoms with Crippen LogP contribution in [-0.2, 0) is 4.79 Å². The molecule has 0 saturated heterocycles. The number of hydrogen-bond acceptors (Lipinski definition) is 1. The zero-order chi connectivity index (χ0) is 9.07. The van der Waals surface area contributed by atoms with Crippen molar-refractivity contribution in [2.75, 3.05) is 6.54 Å². The molecule has 0 aromatic carbocycles. The maximum Gasteiger partial charge on any atom is 0.255 e. The van der Waals surface area contributed by atoms with Gasteiger partial charge in [-0.2, -0.15) is 0 Å². The van der Waals surface area contributed by atoms with Crippen LogP contribution in [0.2, 0.25) is 0 Å². The van der Waals surface area contributed by atoms with Gasteiger partial charge < -0.3 is 5.32 Å². The van der Waals surface area contributed by atoms with Crippen molar-refractivity contribution in [1.29, 1.82) is 0 Å². The van der Waals surface area contributed by atoms with Gasteiger partial charge in [0.25, 0.3) is 6.43 Å². The highest BCUT2D eigenvalue weighted by Crippen LogP contribution is 2.12. The fraction of sp³-hybridized carbons (Fsp3) is 0.857. The van der Waals surface area contributed by atoms with Gasteiger partial charge in [-0.3, -0.25) is 4.79 Å². The number of halogens is 2. The molecule has 11 heavy (non-hydrogen) atoms. The predicted molar refractivity (Wildman–Crippen MR) is 38.5 cm³/mol. The zero-order valence-corrected chi connectivity index (χ0v) is 6.95. The summed E-state index contributed by atoms with van der Waals surface area (Å²) in [6.07, 6.45) is -2.47. The number of amides is 1. The topological polar surface area (TPSA) is 29.1 Å². The molecular formula is C7H13F2NO. The predicted octanol–water partition coefficient (Wildman–Crippen LogP) is 1.41. The minimum absolute atomic E-state index is 0.349. The van der Waals surface area contributed by atoms with Crippen molar-refractivity contribution in [1.82, 2.24) is 5.32 Å². The van der Waals surface area contributed by atoms with Crippen molar-refractivity contribution in [2.24, 2.45) is 5.41 Å². The van der Waals surface area contributed by atoms with Gasteiger partial charge in [0.2, 0.25) is 5.91 Å². The second-order valence-corrected chi connectivity index (χ2v) is 3.35. The monoisotopic (exact) mass is 165 g/mol. The summed E-state index contributed by atoms with van der Waals surface area (Å²) in [5.41, 5.74) is -0.588. The first kappa shape index (κ1) is 10.3. The third-order valence-electron chi connectivity index (χ3n) is 1.10. The molecule has 0 aliphatic heterocycles. The van der Waals surface area contributed by atoms with E-state index in [0.29, 0.717) is 0 Å². The minimum Gasteiger partial charge on any atom is -0.350 e. The molecule has 0 fully saturated rings. The Morgan fingerprint density at radius 1 is 1.45 bits per heavy atom. The lowest BCUT2D eigenvalue weighted by Gasteiger charge is -2.17. The minimum atomic E-state index is -2.47.